The Kier molecular flexibility index (Phi) is 5.72. The SMILES string of the molecule is CN(Cc1cn(S(=O)(=O)c2cccnc2)c(-c2cccnc2C(F)(F)F)c1F)C(=O)O. The van der Waals surface area contributed by atoms with Gasteiger partial charge in [-0.2, -0.15) is 13.2 Å². The van der Waals surface area contributed by atoms with Gasteiger partial charge in [-0.25, -0.2) is 21.6 Å². The maximum absolute atomic E-state index is 15.3. The molecule has 0 atom stereocenters. The molecule has 164 valence electrons. The summed E-state index contributed by atoms with van der Waals surface area (Å²) in [7, 11) is -3.49. The van der Waals surface area contributed by atoms with Gasteiger partial charge in [-0.05, 0) is 24.3 Å². The highest BCUT2D eigenvalue weighted by atomic mass is 32.2. The first-order chi connectivity index (χ1) is 14.4. The van der Waals surface area contributed by atoms with E-state index in [2.05, 4.69) is 9.97 Å². The molecule has 0 saturated carbocycles. The Morgan fingerprint density at radius 1 is 1.23 bits per heavy atom. The lowest BCUT2D eigenvalue weighted by Gasteiger charge is -2.14. The van der Waals surface area contributed by atoms with Gasteiger partial charge >= 0.3 is 12.3 Å². The Bertz CT molecular complexity index is 1230. The van der Waals surface area contributed by atoms with Crippen LogP contribution in [-0.2, 0) is 22.7 Å². The minimum atomic E-state index is -5.01. The van der Waals surface area contributed by atoms with E-state index >= 15 is 4.39 Å². The predicted octanol–water partition coefficient (Wildman–Crippen LogP) is 3.45. The van der Waals surface area contributed by atoms with E-state index in [9.17, 15) is 26.4 Å². The summed E-state index contributed by atoms with van der Waals surface area (Å²) in [5.41, 5.74) is -3.67. The first kappa shape index (κ1) is 22.2. The molecule has 0 saturated heterocycles. The normalized spacial score (nSPS) is 12.0. The highest BCUT2D eigenvalue weighted by molar-refractivity contribution is 7.90. The summed E-state index contributed by atoms with van der Waals surface area (Å²) in [5, 5.41) is 9.03. The maximum atomic E-state index is 15.3. The predicted molar refractivity (Wildman–Crippen MR) is 98.9 cm³/mol. The molecule has 3 heterocycles. The van der Waals surface area contributed by atoms with E-state index in [0.717, 1.165) is 43.8 Å². The second-order valence-corrected chi connectivity index (χ2v) is 8.16. The number of rotatable bonds is 5. The molecule has 0 aromatic carbocycles. The molecular weight excluding hydrogens is 444 g/mol. The molecule has 8 nitrogen and oxygen atoms in total. The summed E-state index contributed by atoms with van der Waals surface area (Å²) in [5.74, 6) is -1.32. The third-order valence-electron chi connectivity index (χ3n) is 4.24. The van der Waals surface area contributed by atoms with Crippen LogP contribution in [0.1, 0.15) is 11.3 Å². The largest absolute Gasteiger partial charge is 0.465 e. The van der Waals surface area contributed by atoms with Crippen molar-refractivity contribution < 1.29 is 35.9 Å². The number of carbonyl (C=O) groups is 1. The average molecular weight is 458 g/mol. The summed E-state index contributed by atoms with van der Waals surface area (Å²) >= 11 is 0. The summed E-state index contributed by atoms with van der Waals surface area (Å²) in [6.07, 6.45) is -2.62. The molecule has 0 spiro atoms. The van der Waals surface area contributed by atoms with E-state index < -0.39 is 62.1 Å². The minimum Gasteiger partial charge on any atom is -0.465 e. The Morgan fingerprint density at radius 2 is 1.90 bits per heavy atom. The third kappa shape index (κ3) is 4.21. The number of hydrogen-bond acceptors (Lipinski definition) is 5. The zero-order valence-electron chi connectivity index (χ0n) is 15.7. The number of halogens is 4. The van der Waals surface area contributed by atoms with E-state index in [1.54, 1.807) is 0 Å². The topological polar surface area (TPSA) is 105 Å². The average Bonchev–Trinajstić information content (AvgIpc) is 3.04. The van der Waals surface area contributed by atoms with Crippen molar-refractivity contribution >= 4 is 16.1 Å². The molecule has 3 rings (SSSR count). The highest BCUT2D eigenvalue weighted by Gasteiger charge is 2.38. The van der Waals surface area contributed by atoms with Crippen LogP contribution >= 0.6 is 0 Å². The van der Waals surface area contributed by atoms with Gasteiger partial charge < -0.3 is 10.0 Å². The summed E-state index contributed by atoms with van der Waals surface area (Å²) < 4.78 is 82.3. The first-order valence-corrected chi connectivity index (χ1v) is 9.90. The van der Waals surface area contributed by atoms with Crippen LogP contribution in [0.15, 0.2) is 53.9 Å². The van der Waals surface area contributed by atoms with E-state index in [-0.39, 0.29) is 0 Å². The molecule has 0 aliphatic rings. The molecule has 1 N–H and O–H groups in total. The van der Waals surface area contributed by atoms with Gasteiger partial charge in [0.25, 0.3) is 10.0 Å². The molecule has 13 heteroatoms. The van der Waals surface area contributed by atoms with Crippen molar-refractivity contribution in [3.05, 3.63) is 66.1 Å². The minimum absolute atomic E-state index is 0.344. The molecule has 0 fully saturated rings. The monoisotopic (exact) mass is 458 g/mol. The number of hydrogen-bond donors (Lipinski definition) is 1. The van der Waals surface area contributed by atoms with Crippen molar-refractivity contribution in [2.45, 2.75) is 17.6 Å². The summed E-state index contributed by atoms with van der Waals surface area (Å²) in [6.45, 7) is -0.606. The Hall–Kier alpha value is -3.48. The van der Waals surface area contributed by atoms with Crippen LogP contribution in [0.25, 0.3) is 11.3 Å². The van der Waals surface area contributed by atoms with Crippen LogP contribution < -0.4 is 0 Å². The number of carboxylic acid groups (broad SMARTS) is 1. The molecule has 0 aliphatic heterocycles. The molecule has 0 aliphatic carbocycles. The first-order valence-electron chi connectivity index (χ1n) is 8.46. The number of alkyl halides is 3. The second-order valence-electron chi connectivity index (χ2n) is 6.34. The van der Waals surface area contributed by atoms with E-state index in [1.165, 1.54) is 12.3 Å². The Balaban J connectivity index is 2.33. The zero-order valence-corrected chi connectivity index (χ0v) is 16.5. The van der Waals surface area contributed by atoms with Gasteiger partial charge in [0, 0.05) is 43.0 Å². The smallest absolute Gasteiger partial charge is 0.434 e. The highest BCUT2D eigenvalue weighted by Crippen LogP contribution is 2.39. The fraction of sp³-hybridized carbons (Fsp3) is 0.167. The van der Waals surface area contributed by atoms with Gasteiger partial charge in [0.2, 0.25) is 0 Å². The van der Waals surface area contributed by atoms with Crippen molar-refractivity contribution in [2.75, 3.05) is 7.05 Å². The molecular formula is C18H14F4N4O4S. The van der Waals surface area contributed by atoms with Gasteiger partial charge in [0.1, 0.15) is 10.6 Å². The number of amides is 1. The fourth-order valence-electron chi connectivity index (χ4n) is 2.81. The zero-order chi connectivity index (χ0) is 23.0. The van der Waals surface area contributed by atoms with Crippen LogP contribution in [0.2, 0.25) is 0 Å². The summed E-state index contributed by atoms with van der Waals surface area (Å²) in [6, 6.07) is 4.41. The number of nitrogens with zero attached hydrogens (tertiary/aromatic N) is 4. The van der Waals surface area contributed by atoms with Crippen LogP contribution in [0.4, 0.5) is 22.4 Å². The van der Waals surface area contributed by atoms with E-state index in [4.69, 9.17) is 5.11 Å². The lowest BCUT2D eigenvalue weighted by atomic mass is 10.1. The molecule has 31 heavy (non-hydrogen) atoms. The Morgan fingerprint density at radius 3 is 2.48 bits per heavy atom. The standard InChI is InChI=1S/C18H14F4N4O4S/c1-25(17(27)28)9-11-10-26(31(29,30)12-4-2-6-23-8-12)15(14(11)19)13-5-3-7-24-16(13)18(20,21)22/h2-8,10H,9H2,1H3,(H,27,28). The van der Waals surface area contributed by atoms with Gasteiger partial charge in [-0.1, -0.05) is 0 Å². The molecule has 1 amide bonds. The molecule has 0 radical (unpaired) electrons. The molecule has 0 bridgehead atoms. The number of aromatic nitrogens is 3. The van der Waals surface area contributed by atoms with Crippen molar-refractivity contribution in [3.63, 3.8) is 0 Å². The van der Waals surface area contributed by atoms with Gasteiger partial charge in [-0.15, -0.1) is 0 Å². The van der Waals surface area contributed by atoms with Crippen LogP contribution in [0.3, 0.4) is 0 Å². The lowest BCUT2D eigenvalue weighted by molar-refractivity contribution is -0.140. The fourth-order valence-corrected chi connectivity index (χ4v) is 4.16. The van der Waals surface area contributed by atoms with Gasteiger partial charge in [0.15, 0.2) is 11.5 Å². The van der Waals surface area contributed by atoms with E-state index in [0.29, 0.717) is 8.87 Å². The molecule has 3 aromatic rings. The third-order valence-corrected chi connectivity index (χ3v) is 5.88. The van der Waals surface area contributed by atoms with Crippen LogP contribution in [0, 0.1) is 5.82 Å². The molecule has 0 unspecified atom stereocenters. The van der Waals surface area contributed by atoms with Crippen molar-refractivity contribution in [1.29, 1.82) is 0 Å². The van der Waals surface area contributed by atoms with Gasteiger partial charge in [0.05, 0.1) is 6.54 Å². The second kappa shape index (κ2) is 7.98. The van der Waals surface area contributed by atoms with Crippen LogP contribution in [0.5, 0.6) is 0 Å². The van der Waals surface area contributed by atoms with Crippen molar-refractivity contribution in [2.24, 2.45) is 0 Å². The lowest BCUT2D eigenvalue weighted by Crippen LogP contribution is -2.24. The number of pyridine rings is 2. The van der Waals surface area contributed by atoms with E-state index in [1.807, 2.05) is 0 Å². The molecule has 3 aromatic heterocycles. The van der Waals surface area contributed by atoms with Crippen molar-refractivity contribution in [1.82, 2.24) is 18.8 Å². The Labute approximate surface area is 173 Å². The van der Waals surface area contributed by atoms with Crippen LogP contribution in [-0.4, -0.2) is 45.5 Å². The maximum Gasteiger partial charge on any atom is 0.434 e. The van der Waals surface area contributed by atoms with Crippen molar-refractivity contribution in [3.8, 4) is 11.3 Å². The quantitative estimate of drug-likeness (QED) is 0.588. The van der Waals surface area contributed by atoms with Gasteiger partial charge in [-0.3, -0.25) is 9.97 Å². The summed E-state index contributed by atoms with van der Waals surface area (Å²) in [4.78, 5) is 18.3.